The molecule has 0 spiro atoms. The Morgan fingerprint density at radius 2 is 2.27 bits per heavy atom. The molecular weight excluding hydrogens is 280 g/mol. The summed E-state index contributed by atoms with van der Waals surface area (Å²) in [7, 11) is 0. The first-order valence-corrected chi connectivity index (χ1v) is 7.50. The first kappa shape index (κ1) is 16.2. The predicted octanol–water partition coefficient (Wildman–Crippen LogP) is 2.32. The number of hydrogen-bond donors (Lipinski definition) is 2. The zero-order valence-corrected chi connectivity index (χ0v) is 12.8. The highest BCUT2D eigenvalue weighted by Gasteiger charge is 2.25. The Morgan fingerprint density at radius 1 is 1.55 bits per heavy atom. The monoisotopic (exact) mass is 302 g/mol. The summed E-state index contributed by atoms with van der Waals surface area (Å²) in [5.41, 5.74) is 0.678. The number of hydrogen-bond acceptors (Lipinski definition) is 3. The Morgan fingerprint density at radius 3 is 2.91 bits per heavy atom. The maximum absolute atomic E-state index is 12.2. The van der Waals surface area contributed by atoms with Crippen molar-refractivity contribution >= 4 is 11.7 Å². The Bertz CT molecular complexity index is 543. The molecule has 5 nitrogen and oxygen atoms in total. The number of piperidine rings is 1. The van der Waals surface area contributed by atoms with Crippen molar-refractivity contribution in [2.75, 3.05) is 25.0 Å². The van der Waals surface area contributed by atoms with Gasteiger partial charge in [0.05, 0.1) is 6.10 Å². The molecule has 1 fully saturated rings. The second-order valence-corrected chi connectivity index (χ2v) is 5.52. The second-order valence-electron chi connectivity index (χ2n) is 5.52. The second kappa shape index (κ2) is 7.71. The van der Waals surface area contributed by atoms with Crippen LogP contribution in [0, 0.1) is 18.3 Å². The average molecular weight is 302 g/mol. The van der Waals surface area contributed by atoms with E-state index in [2.05, 4.69) is 11.2 Å². The third-order valence-corrected chi connectivity index (χ3v) is 3.92. The Labute approximate surface area is 131 Å². The fourth-order valence-electron chi connectivity index (χ4n) is 2.58. The molecular formula is C17H22N2O3. The third-order valence-electron chi connectivity index (χ3n) is 3.92. The number of carbonyl (C=O) groups is 1. The summed E-state index contributed by atoms with van der Waals surface area (Å²) in [5, 5.41) is 12.5. The van der Waals surface area contributed by atoms with Gasteiger partial charge in [-0.3, -0.25) is 0 Å². The van der Waals surface area contributed by atoms with Crippen LogP contribution in [0.5, 0.6) is 5.75 Å². The van der Waals surface area contributed by atoms with Crippen LogP contribution in [0.1, 0.15) is 19.8 Å². The lowest BCUT2D eigenvalue weighted by atomic mass is 9.92. The van der Waals surface area contributed by atoms with Gasteiger partial charge in [0.2, 0.25) is 0 Å². The standard InChI is InChI=1S/C17H22N2O3/c1-3-11-22-16-6-4-5-15(12-16)18-17(21)19-9-7-14(8-10-19)13(2)20/h1,4-6,12-14,20H,7-11H2,2H3,(H,18,21). The molecule has 2 rings (SSSR count). The number of amides is 2. The molecule has 118 valence electrons. The number of benzene rings is 1. The number of nitrogens with one attached hydrogen (secondary N) is 1. The van der Waals surface area contributed by atoms with Crippen LogP contribution in [0.4, 0.5) is 10.5 Å². The van der Waals surface area contributed by atoms with E-state index in [0.717, 1.165) is 12.8 Å². The highest BCUT2D eigenvalue weighted by molar-refractivity contribution is 5.89. The number of terminal acetylenes is 1. The molecule has 2 N–H and O–H groups in total. The minimum atomic E-state index is -0.310. The molecule has 0 aromatic heterocycles. The molecule has 5 heteroatoms. The maximum atomic E-state index is 12.2. The topological polar surface area (TPSA) is 61.8 Å². The number of rotatable bonds is 4. The molecule has 1 aromatic carbocycles. The zero-order chi connectivity index (χ0) is 15.9. The SMILES string of the molecule is C#CCOc1cccc(NC(=O)N2CCC(C(C)O)CC2)c1. The molecule has 1 saturated heterocycles. The van der Waals surface area contributed by atoms with E-state index in [-0.39, 0.29) is 24.7 Å². The van der Waals surface area contributed by atoms with Gasteiger partial charge < -0.3 is 20.1 Å². The van der Waals surface area contributed by atoms with Crippen LogP contribution in [0.15, 0.2) is 24.3 Å². The van der Waals surface area contributed by atoms with Crippen molar-refractivity contribution < 1.29 is 14.6 Å². The molecule has 0 saturated carbocycles. The van der Waals surface area contributed by atoms with Gasteiger partial charge in [-0.2, -0.15) is 0 Å². The molecule has 1 heterocycles. The van der Waals surface area contributed by atoms with Crippen LogP contribution in [0.3, 0.4) is 0 Å². The number of likely N-dealkylation sites (tertiary alicyclic amines) is 1. The van der Waals surface area contributed by atoms with E-state index in [1.165, 1.54) is 0 Å². The molecule has 1 atom stereocenters. The third kappa shape index (κ3) is 4.40. The van der Waals surface area contributed by atoms with E-state index in [1.807, 2.05) is 13.0 Å². The van der Waals surface area contributed by atoms with Gasteiger partial charge in [-0.15, -0.1) is 6.42 Å². The van der Waals surface area contributed by atoms with Crippen LogP contribution < -0.4 is 10.1 Å². The lowest BCUT2D eigenvalue weighted by Crippen LogP contribution is -2.42. The quantitative estimate of drug-likeness (QED) is 0.839. The van der Waals surface area contributed by atoms with E-state index in [9.17, 15) is 9.90 Å². The Balaban J connectivity index is 1.88. The van der Waals surface area contributed by atoms with Crippen molar-refractivity contribution in [1.82, 2.24) is 4.90 Å². The normalized spacial score (nSPS) is 16.7. The summed E-state index contributed by atoms with van der Waals surface area (Å²) in [4.78, 5) is 14.0. The van der Waals surface area contributed by atoms with Gasteiger partial charge in [0, 0.05) is 24.8 Å². The maximum Gasteiger partial charge on any atom is 0.321 e. The van der Waals surface area contributed by atoms with E-state index in [1.54, 1.807) is 23.1 Å². The van der Waals surface area contributed by atoms with Crippen molar-refractivity contribution in [1.29, 1.82) is 0 Å². The number of urea groups is 1. The number of anilines is 1. The van der Waals surface area contributed by atoms with Crippen molar-refractivity contribution in [3.63, 3.8) is 0 Å². The van der Waals surface area contributed by atoms with Crippen LogP contribution in [-0.4, -0.2) is 41.8 Å². The summed E-state index contributed by atoms with van der Waals surface area (Å²) in [5.74, 6) is 3.31. The molecule has 22 heavy (non-hydrogen) atoms. The molecule has 2 amide bonds. The molecule has 1 aliphatic rings. The number of nitrogens with zero attached hydrogens (tertiary/aromatic N) is 1. The minimum Gasteiger partial charge on any atom is -0.481 e. The summed E-state index contributed by atoms with van der Waals surface area (Å²) in [6, 6.07) is 7.03. The molecule has 0 bridgehead atoms. The molecule has 0 aliphatic carbocycles. The van der Waals surface area contributed by atoms with Gasteiger partial charge in [-0.1, -0.05) is 12.0 Å². The Hall–Kier alpha value is -2.19. The largest absolute Gasteiger partial charge is 0.481 e. The summed E-state index contributed by atoms with van der Waals surface area (Å²) >= 11 is 0. The van der Waals surface area contributed by atoms with Crippen LogP contribution in [0.25, 0.3) is 0 Å². The molecule has 1 unspecified atom stereocenters. The van der Waals surface area contributed by atoms with Crippen molar-refractivity contribution in [2.24, 2.45) is 5.92 Å². The van der Waals surface area contributed by atoms with Crippen LogP contribution in [0.2, 0.25) is 0 Å². The highest BCUT2D eigenvalue weighted by Crippen LogP contribution is 2.22. The molecule has 0 radical (unpaired) electrons. The van der Waals surface area contributed by atoms with Gasteiger partial charge >= 0.3 is 6.03 Å². The van der Waals surface area contributed by atoms with Crippen LogP contribution in [-0.2, 0) is 0 Å². The minimum absolute atomic E-state index is 0.127. The number of aliphatic hydroxyl groups excluding tert-OH is 1. The van der Waals surface area contributed by atoms with E-state index in [4.69, 9.17) is 11.2 Å². The summed E-state index contributed by atoms with van der Waals surface area (Å²) < 4.78 is 5.33. The fraction of sp³-hybridized carbons (Fsp3) is 0.471. The van der Waals surface area contributed by atoms with E-state index >= 15 is 0 Å². The lowest BCUT2D eigenvalue weighted by molar-refractivity contribution is 0.0820. The Kier molecular flexibility index (Phi) is 5.68. The average Bonchev–Trinajstić information content (AvgIpc) is 2.53. The van der Waals surface area contributed by atoms with E-state index in [0.29, 0.717) is 24.5 Å². The van der Waals surface area contributed by atoms with Crippen molar-refractivity contribution in [2.45, 2.75) is 25.9 Å². The molecule has 1 aliphatic heterocycles. The van der Waals surface area contributed by atoms with Crippen molar-refractivity contribution in [3.8, 4) is 18.1 Å². The fourth-order valence-corrected chi connectivity index (χ4v) is 2.58. The first-order chi connectivity index (χ1) is 10.6. The number of aliphatic hydroxyl groups is 1. The zero-order valence-electron chi connectivity index (χ0n) is 12.8. The van der Waals surface area contributed by atoms with Gasteiger partial charge in [0.15, 0.2) is 0 Å². The predicted molar refractivity (Wildman–Crippen MR) is 85.8 cm³/mol. The first-order valence-electron chi connectivity index (χ1n) is 7.50. The van der Waals surface area contributed by atoms with Gasteiger partial charge in [0.25, 0.3) is 0 Å². The van der Waals surface area contributed by atoms with E-state index < -0.39 is 0 Å². The van der Waals surface area contributed by atoms with Gasteiger partial charge in [-0.25, -0.2) is 4.79 Å². The van der Waals surface area contributed by atoms with Gasteiger partial charge in [0.1, 0.15) is 12.4 Å². The number of carbonyl (C=O) groups excluding carboxylic acids is 1. The molecule has 1 aromatic rings. The van der Waals surface area contributed by atoms with Crippen molar-refractivity contribution in [3.05, 3.63) is 24.3 Å². The van der Waals surface area contributed by atoms with Crippen LogP contribution >= 0.6 is 0 Å². The number of ether oxygens (including phenoxy) is 1. The van der Waals surface area contributed by atoms with Gasteiger partial charge in [-0.05, 0) is 37.8 Å². The lowest BCUT2D eigenvalue weighted by Gasteiger charge is -2.33. The highest BCUT2D eigenvalue weighted by atomic mass is 16.5. The summed E-state index contributed by atoms with van der Waals surface area (Å²) in [6.45, 7) is 3.33. The smallest absolute Gasteiger partial charge is 0.321 e. The summed E-state index contributed by atoms with van der Waals surface area (Å²) in [6.07, 6.45) is 6.51.